The Bertz CT molecular complexity index is 781. The molecule has 0 aliphatic heterocycles. The van der Waals surface area contributed by atoms with Crippen molar-refractivity contribution in [2.24, 2.45) is 0 Å². The van der Waals surface area contributed by atoms with E-state index in [9.17, 15) is 4.79 Å². The van der Waals surface area contributed by atoms with E-state index in [2.05, 4.69) is 20.5 Å². The molecule has 0 fully saturated rings. The van der Waals surface area contributed by atoms with Crippen molar-refractivity contribution in [3.63, 3.8) is 0 Å². The largest absolute Gasteiger partial charge is 0.399 e. The fourth-order valence-corrected chi connectivity index (χ4v) is 2.21. The number of carbonyl (C=O) groups is 1. The van der Waals surface area contributed by atoms with Gasteiger partial charge in [0.25, 0.3) is 5.91 Å². The van der Waals surface area contributed by atoms with E-state index in [1.165, 1.54) is 0 Å². The number of amides is 1. The molecule has 0 spiro atoms. The Morgan fingerprint density at radius 3 is 2.81 bits per heavy atom. The number of nitrogens with zero attached hydrogens (tertiary/aromatic N) is 2. The van der Waals surface area contributed by atoms with E-state index in [-0.39, 0.29) is 11.9 Å². The molecule has 0 aliphatic rings. The number of pyridine rings is 1. The molecule has 1 atom stereocenters. The number of carbonyl (C=O) groups excluding carboxylic acids is 1. The minimum Gasteiger partial charge on any atom is -0.399 e. The Labute approximate surface area is 121 Å². The third-order valence-corrected chi connectivity index (χ3v) is 3.36. The molecule has 1 unspecified atom stereocenters. The van der Waals surface area contributed by atoms with Crippen molar-refractivity contribution in [1.82, 2.24) is 20.5 Å². The van der Waals surface area contributed by atoms with Crippen LogP contribution in [-0.4, -0.2) is 21.1 Å². The first-order chi connectivity index (χ1) is 10.1. The number of H-pyrrole nitrogens is 1. The van der Waals surface area contributed by atoms with Crippen molar-refractivity contribution in [1.29, 1.82) is 0 Å². The maximum absolute atomic E-state index is 12.4. The molecule has 0 saturated carbocycles. The van der Waals surface area contributed by atoms with Gasteiger partial charge >= 0.3 is 0 Å². The summed E-state index contributed by atoms with van der Waals surface area (Å²) in [7, 11) is 0. The SMILES string of the molecule is CC(NC(=O)c1n[nH]c2ccc(N)cc12)c1ccncc1. The maximum Gasteiger partial charge on any atom is 0.272 e. The van der Waals surface area contributed by atoms with E-state index in [0.717, 1.165) is 16.5 Å². The molecule has 0 bridgehead atoms. The summed E-state index contributed by atoms with van der Waals surface area (Å²) in [6, 6.07) is 8.91. The number of benzene rings is 1. The number of nitrogen functional groups attached to an aromatic ring is 1. The number of anilines is 1. The van der Waals surface area contributed by atoms with Crippen molar-refractivity contribution < 1.29 is 4.79 Å². The Morgan fingerprint density at radius 1 is 1.29 bits per heavy atom. The fraction of sp³-hybridized carbons (Fsp3) is 0.133. The van der Waals surface area contributed by atoms with E-state index in [0.29, 0.717) is 11.4 Å². The van der Waals surface area contributed by atoms with Gasteiger partial charge in [-0.2, -0.15) is 5.10 Å². The van der Waals surface area contributed by atoms with Gasteiger partial charge in [-0.05, 0) is 42.8 Å². The highest BCUT2D eigenvalue weighted by atomic mass is 16.2. The summed E-state index contributed by atoms with van der Waals surface area (Å²) in [5.74, 6) is -0.240. The lowest BCUT2D eigenvalue weighted by atomic mass is 10.1. The molecule has 2 aromatic heterocycles. The first kappa shape index (κ1) is 13.1. The third-order valence-electron chi connectivity index (χ3n) is 3.36. The molecule has 0 radical (unpaired) electrons. The second-order valence-corrected chi connectivity index (χ2v) is 4.85. The first-order valence-electron chi connectivity index (χ1n) is 6.59. The molecule has 6 nitrogen and oxygen atoms in total. The average molecular weight is 281 g/mol. The van der Waals surface area contributed by atoms with E-state index < -0.39 is 0 Å². The van der Waals surface area contributed by atoms with E-state index in [1.54, 1.807) is 30.6 Å². The van der Waals surface area contributed by atoms with Gasteiger partial charge in [-0.3, -0.25) is 14.9 Å². The molecule has 0 aliphatic carbocycles. The smallest absolute Gasteiger partial charge is 0.272 e. The topological polar surface area (TPSA) is 96.7 Å². The van der Waals surface area contributed by atoms with Crippen LogP contribution in [0.15, 0.2) is 42.7 Å². The lowest BCUT2D eigenvalue weighted by Crippen LogP contribution is -2.27. The zero-order valence-corrected chi connectivity index (χ0v) is 11.5. The predicted octanol–water partition coefficient (Wildman–Crippen LogP) is 2.03. The second kappa shape index (κ2) is 5.24. The second-order valence-electron chi connectivity index (χ2n) is 4.85. The summed E-state index contributed by atoms with van der Waals surface area (Å²) < 4.78 is 0. The van der Waals surface area contributed by atoms with E-state index in [1.807, 2.05) is 19.1 Å². The van der Waals surface area contributed by atoms with Crippen LogP contribution < -0.4 is 11.1 Å². The van der Waals surface area contributed by atoms with Crippen LogP contribution in [0.25, 0.3) is 10.9 Å². The number of aromatic nitrogens is 3. The van der Waals surface area contributed by atoms with Crippen molar-refractivity contribution in [2.45, 2.75) is 13.0 Å². The van der Waals surface area contributed by atoms with E-state index in [4.69, 9.17) is 5.73 Å². The van der Waals surface area contributed by atoms with Gasteiger partial charge in [0, 0.05) is 23.5 Å². The Kier molecular flexibility index (Phi) is 3.27. The monoisotopic (exact) mass is 281 g/mol. The quantitative estimate of drug-likeness (QED) is 0.640. The molecule has 1 aromatic carbocycles. The zero-order valence-electron chi connectivity index (χ0n) is 11.5. The van der Waals surface area contributed by atoms with E-state index >= 15 is 0 Å². The molecule has 106 valence electrons. The van der Waals surface area contributed by atoms with Crippen LogP contribution >= 0.6 is 0 Å². The normalized spacial score (nSPS) is 12.2. The van der Waals surface area contributed by atoms with Crippen LogP contribution in [0.3, 0.4) is 0 Å². The summed E-state index contributed by atoms with van der Waals surface area (Å²) in [6.07, 6.45) is 3.39. The molecular weight excluding hydrogens is 266 g/mol. The maximum atomic E-state index is 12.4. The standard InChI is InChI=1S/C15H15N5O/c1-9(10-4-6-17-7-5-10)18-15(21)14-12-8-11(16)2-3-13(12)19-20-14/h2-9H,16H2,1H3,(H,18,21)(H,19,20). The van der Waals surface area contributed by atoms with Gasteiger partial charge in [-0.15, -0.1) is 0 Å². The molecule has 3 rings (SSSR count). The molecular formula is C15H15N5O. The van der Waals surface area contributed by atoms with Crippen LogP contribution in [-0.2, 0) is 0 Å². The van der Waals surface area contributed by atoms with Crippen LogP contribution in [0.1, 0.15) is 29.0 Å². The van der Waals surface area contributed by atoms with Crippen LogP contribution in [0, 0.1) is 0 Å². The van der Waals surface area contributed by atoms with Crippen molar-refractivity contribution >= 4 is 22.5 Å². The zero-order chi connectivity index (χ0) is 14.8. The highest BCUT2D eigenvalue weighted by molar-refractivity contribution is 6.05. The molecule has 0 saturated heterocycles. The van der Waals surface area contributed by atoms with Crippen molar-refractivity contribution in [3.05, 3.63) is 54.0 Å². The Hall–Kier alpha value is -2.89. The number of nitrogens with one attached hydrogen (secondary N) is 2. The number of rotatable bonds is 3. The van der Waals surface area contributed by atoms with Crippen molar-refractivity contribution in [2.75, 3.05) is 5.73 Å². The number of hydrogen-bond acceptors (Lipinski definition) is 4. The summed E-state index contributed by atoms with van der Waals surface area (Å²) in [4.78, 5) is 16.3. The van der Waals surface area contributed by atoms with Crippen molar-refractivity contribution in [3.8, 4) is 0 Å². The van der Waals surface area contributed by atoms with Gasteiger partial charge in [0.05, 0.1) is 11.6 Å². The third kappa shape index (κ3) is 2.55. The molecule has 2 heterocycles. The highest BCUT2D eigenvalue weighted by Crippen LogP contribution is 2.20. The number of fused-ring (bicyclic) bond motifs is 1. The minimum absolute atomic E-state index is 0.131. The number of aromatic amines is 1. The Balaban J connectivity index is 1.86. The molecule has 6 heteroatoms. The van der Waals surface area contributed by atoms with Crippen LogP contribution in [0.2, 0.25) is 0 Å². The first-order valence-corrected chi connectivity index (χ1v) is 6.59. The Morgan fingerprint density at radius 2 is 2.05 bits per heavy atom. The molecule has 21 heavy (non-hydrogen) atoms. The lowest BCUT2D eigenvalue weighted by Gasteiger charge is -2.13. The van der Waals surface area contributed by atoms with Gasteiger partial charge in [0.2, 0.25) is 0 Å². The van der Waals surface area contributed by atoms with Crippen LogP contribution in [0.5, 0.6) is 0 Å². The fourth-order valence-electron chi connectivity index (χ4n) is 2.21. The minimum atomic E-state index is -0.240. The van der Waals surface area contributed by atoms with Gasteiger partial charge in [0.15, 0.2) is 5.69 Å². The van der Waals surface area contributed by atoms with Gasteiger partial charge in [-0.1, -0.05) is 0 Å². The lowest BCUT2D eigenvalue weighted by molar-refractivity contribution is 0.0936. The number of nitrogens with two attached hydrogens (primary N) is 1. The van der Waals surface area contributed by atoms with Gasteiger partial charge in [-0.25, -0.2) is 0 Å². The molecule has 1 amide bonds. The average Bonchev–Trinajstić information content (AvgIpc) is 2.91. The van der Waals surface area contributed by atoms with Gasteiger partial charge in [0.1, 0.15) is 0 Å². The van der Waals surface area contributed by atoms with Crippen LogP contribution in [0.4, 0.5) is 5.69 Å². The summed E-state index contributed by atoms with van der Waals surface area (Å²) in [6.45, 7) is 1.91. The summed E-state index contributed by atoms with van der Waals surface area (Å²) >= 11 is 0. The predicted molar refractivity (Wildman–Crippen MR) is 80.6 cm³/mol. The number of hydrogen-bond donors (Lipinski definition) is 3. The highest BCUT2D eigenvalue weighted by Gasteiger charge is 2.17. The molecule has 4 N–H and O–H groups in total. The summed E-state index contributed by atoms with van der Waals surface area (Å²) in [5.41, 5.74) is 8.47. The molecule has 3 aromatic rings. The summed E-state index contributed by atoms with van der Waals surface area (Å²) in [5, 5.41) is 10.5. The van der Waals surface area contributed by atoms with Gasteiger partial charge < -0.3 is 11.1 Å².